The van der Waals surface area contributed by atoms with Crippen molar-refractivity contribution in [2.24, 2.45) is 0 Å². The Hall–Kier alpha value is -1.70. The third-order valence-electron chi connectivity index (χ3n) is 3.57. The molecule has 0 aliphatic rings. The number of sulfonamides is 1. The van der Waals surface area contributed by atoms with E-state index in [9.17, 15) is 13.5 Å². The van der Waals surface area contributed by atoms with Crippen LogP contribution < -0.4 is 4.72 Å². The van der Waals surface area contributed by atoms with E-state index in [0.717, 1.165) is 5.56 Å². The van der Waals surface area contributed by atoms with Crippen LogP contribution in [0.4, 0.5) is 0 Å². The molecule has 0 aliphatic heterocycles. The Balaban J connectivity index is 2.02. The van der Waals surface area contributed by atoms with E-state index in [2.05, 4.69) is 9.71 Å². The lowest BCUT2D eigenvalue weighted by Gasteiger charge is -2.17. The molecular formula is C16H23N3O3S. The van der Waals surface area contributed by atoms with E-state index in [1.165, 1.54) is 12.5 Å². The maximum atomic E-state index is 12.3. The molecule has 23 heavy (non-hydrogen) atoms. The number of aromatic nitrogens is 2. The van der Waals surface area contributed by atoms with Gasteiger partial charge in [0.2, 0.25) is 0 Å². The zero-order valence-corrected chi connectivity index (χ0v) is 14.4. The predicted molar refractivity (Wildman–Crippen MR) is 88.4 cm³/mol. The van der Waals surface area contributed by atoms with Crippen molar-refractivity contribution in [3.63, 3.8) is 0 Å². The van der Waals surface area contributed by atoms with Crippen molar-refractivity contribution in [2.45, 2.75) is 50.4 Å². The number of imidazole rings is 1. The molecule has 0 spiro atoms. The number of rotatable bonds is 7. The third-order valence-corrected chi connectivity index (χ3v) is 5.04. The second-order valence-electron chi connectivity index (χ2n) is 5.94. The zero-order valence-electron chi connectivity index (χ0n) is 13.5. The summed E-state index contributed by atoms with van der Waals surface area (Å²) in [5.74, 6) is 0. The van der Waals surface area contributed by atoms with Gasteiger partial charge in [0.15, 0.2) is 5.03 Å². The highest BCUT2D eigenvalue weighted by atomic mass is 32.2. The van der Waals surface area contributed by atoms with E-state index in [1.807, 2.05) is 44.2 Å². The minimum atomic E-state index is -3.69. The van der Waals surface area contributed by atoms with E-state index < -0.39 is 22.2 Å². The van der Waals surface area contributed by atoms with E-state index in [0.29, 0.717) is 0 Å². The van der Waals surface area contributed by atoms with Crippen LogP contribution in [0.15, 0.2) is 47.9 Å². The van der Waals surface area contributed by atoms with Crippen LogP contribution in [-0.2, 0) is 10.0 Å². The number of benzene rings is 1. The molecule has 0 aliphatic carbocycles. The first-order chi connectivity index (χ1) is 10.8. The van der Waals surface area contributed by atoms with Crippen LogP contribution >= 0.6 is 0 Å². The Morgan fingerprint density at radius 3 is 2.43 bits per heavy atom. The predicted octanol–water partition coefficient (Wildman–Crippen LogP) is 2.25. The molecule has 0 saturated heterocycles. The molecule has 1 heterocycles. The lowest BCUT2D eigenvalue weighted by atomic mass is 10.0. The molecule has 2 N–H and O–H groups in total. The minimum absolute atomic E-state index is 0.00718. The van der Waals surface area contributed by atoms with Gasteiger partial charge in [0, 0.05) is 18.3 Å². The summed E-state index contributed by atoms with van der Waals surface area (Å²) in [5.41, 5.74) is 0.766. The first-order valence-corrected chi connectivity index (χ1v) is 9.06. The second-order valence-corrected chi connectivity index (χ2v) is 7.60. The van der Waals surface area contributed by atoms with Crippen molar-refractivity contribution < 1.29 is 13.5 Å². The molecule has 2 rings (SSSR count). The van der Waals surface area contributed by atoms with Gasteiger partial charge >= 0.3 is 0 Å². The molecule has 2 atom stereocenters. The molecule has 2 aromatic rings. The largest absolute Gasteiger partial charge is 0.388 e. The smallest absolute Gasteiger partial charge is 0.259 e. The van der Waals surface area contributed by atoms with Crippen LogP contribution in [0.1, 0.15) is 44.9 Å². The Bertz CT molecular complexity index is 726. The first kappa shape index (κ1) is 17.7. The topological polar surface area (TPSA) is 84.2 Å². The fourth-order valence-corrected chi connectivity index (χ4v) is 3.45. The van der Waals surface area contributed by atoms with Gasteiger partial charge in [0.1, 0.15) is 0 Å². The van der Waals surface area contributed by atoms with Crippen LogP contribution in [0.5, 0.6) is 0 Å². The van der Waals surface area contributed by atoms with Gasteiger partial charge in [-0.15, -0.1) is 0 Å². The average molecular weight is 337 g/mol. The van der Waals surface area contributed by atoms with Crippen LogP contribution in [0.3, 0.4) is 0 Å². The maximum Gasteiger partial charge on any atom is 0.259 e. The van der Waals surface area contributed by atoms with Crippen molar-refractivity contribution >= 4 is 10.0 Å². The molecule has 1 aromatic carbocycles. The molecule has 0 saturated carbocycles. The molecule has 6 nitrogen and oxygen atoms in total. The van der Waals surface area contributed by atoms with Gasteiger partial charge < -0.3 is 9.67 Å². The quantitative estimate of drug-likeness (QED) is 0.811. The van der Waals surface area contributed by atoms with Crippen LogP contribution in [0.2, 0.25) is 0 Å². The molecule has 1 aromatic heterocycles. The Morgan fingerprint density at radius 2 is 1.87 bits per heavy atom. The first-order valence-electron chi connectivity index (χ1n) is 7.58. The Morgan fingerprint density at radius 1 is 1.22 bits per heavy atom. The Labute approximate surface area is 137 Å². The number of aliphatic hydroxyl groups excluding tert-OH is 1. The number of aliphatic hydroxyl groups is 1. The summed E-state index contributed by atoms with van der Waals surface area (Å²) in [6, 6.07) is 8.90. The monoisotopic (exact) mass is 337 g/mol. The van der Waals surface area contributed by atoms with Gasteiger partial charge in [0.25, 0.3) is 10.0 Å². The summed E-state index contributed by atoms with van der Waals surface area (Å²) in [5, 5.41) is 10.2. The van der Waals surface area contributed by atoms with E-state index in [1.54, 1.807) is 11.5 Å². The lowest BCUT2D eigenvalue weighted by Crippen LogP contribution is -2.34. The fourth-order valence-electron chi connectivity index (χ4n) is 2.26. The van der Waals surface area contributed by atoms with E-state index in [4.69, 9.17) is 0 Å². The summed E-state index contributed by atoms with van der Waals surface area (Å²) in [6.07, 6.45) is 2.58. The van der Waals surface area contributed by atoms with Gasteiger partial charge in [-0.25, -0.2) is 18.1 Å². The van der Waals surface area contributed by atoms with Crippen molar-refractivity contribution in [1.82, 2.24) is 14.3 Å². The molecule has 126 valence electrons. The molecule has 2 unspecified atom stereocenters. The molecule has 0 fully saturated rings. The average Bonchev–Trinajstić information content (AvgIpc) is 2.98. The van der Waals surface area contributed by atoms with Gasteiger partial charge in [-0.3, -0.25) is 0 Å². The zero-order chi connectivity index (χ0) is 17.0. The van der Waals surface area contributed by atoms with Crippen LogP contribution in [0, 0.1) is 0 Å². The standard InChI is InChI=1S/C16H23N3O3S/c1-12(2)19-10-16(17-11-19)23(21,22)18-13(3)9-15(20)14-7-5-4-6-8-14/h4-8,10-13,15,18,20H,9H2,1-3H3. The van der Waals surface area contributed by atoms with Gasteiger partial charge in [-0.2, -0.15) is 0 Å². The maximum absolute atomic E-state index is 12.3. The highest BCUT2D eigenvalue weighted by Crippen LogP contribution is 2.19. The molecule has 7 heteroatoms. The van der Waals surface area contributed by atoms with Crippen molar-refractivity contribution in [2.75, 3.05) is 0 Å². The van der Waals surface area contributed by atoms with Crippen molar-refractivity contribution in [3.8, 4) is 0 Å². The summed E-state index contributed by atoms with van der Waals surface area (Å²) < 4.78 is 29.0. The van der Waals surface area contributed by atoms with Gasteiger partial charge in [0.05, 0.1) is 12.4 Å². The van der Waals surface area contributed by atoms with Crippen molar-refractivity contribution in [1.29, 1.82) is 0 Å². The normalized spacial score (nSPS) is 14.8. The van der Waals surface area contributed by atoms with Gasteiger partial charge in [-0.05, 0) is 32.8 Å². The van der Waals surface area contributed by atoms with E-state index in [-0.39, 0.29) is 17.5 Å². The summed E-state index contributed by atoms with van der Waals surface area (Å²) in [6.45, 7) is 5.62. The molecule has 0 radical (unpaired) electrons. The number of hydrogen-bond acceptors (Lipinski definition) is 4. The highest BCUT2D eigenvalue weighted by Gasteiger charge is 2.22. The molecule has 0 amide bonds. The lowest BCUT2D eigenvalue weighted by molar-refractivity contribution is 0.158. The number of nitrogens with zero attached hydrogens (tertiary/aromatic N) is 2. The number of nitrogens with one attached hydrogen (secondary N) is 1. The summed E-state index contributed by atoms with van der Waals surface area (Å²) >= 11 is 0. The highest BCUT2D eigenvalue weighted by molar-refractivity contribution is 7.89. The number of hydrogen-bond donors (Lipinski definition) is 2. The van der Waals surface area contributed by atoms with Crippen LogP contribution in [0.25, 0.3) is 0 Å². The summed E-state index contributed by atoms with van der Waals surface area (Å²) in [7, 11) is -3.69. The Kier molecular flexibility index (Phi) is 5.56. The molecular weight excluding hydrogens is 314 g/mol. The second kappa shape index (κ2) is 7.25. The fraction of sp³-hybridized carbons (Fsp3) is 0.438. The third kappa shape index (κ3) is 4.63. The van der Waals surface area contributed by atoms with Gasteiger partial charge in [-0.1, -0.05) is 30.3 Å². The molecule has 0 bridgehead atoms. The van der Waals surface area contributed by atoms with Crippen LogP contribution in [-0.4, -0.2) is 29.1 Å². The van der Waals surface area contributed by atoms with Crippen molar-refractivity contribution in [3.05, 3.63) is 48.4 Å². The minimum Gasteiger partial charge on any atom is -0.388 e. The van der Waals surface area contributed by atoms with E-state index >= 15 is 0 Å². The summed E-state index contributed by atoms with van der Waals surface area (Å²) in [4.78, 5) is 3.95. The SMILES string of the molecule is CC(CC(O)c1ccccc1)NS(=O)(=O)c1cn(C(C)C)cn1.